The predicted octanol–water partition coefficient (Wildman–Crippen LogP) is 0.713. The van der Waals surface area contributed by atoms with Crippen LogP contribution in [0.2, 0.25) is 0 Å². The first-order valence-corrected chi connectivity index (χ1v) is 3.94. The van der Waals surface area contributed by atoms with Crippen molar-refractivity contribution < 1.29 is 18.3 Å². The Kier molecular flexibility index (Phi) is 2.98. The molecule has 1 rings (SSSR count). The van der Waals surface area contributed by atoms with E-state index in [1.807, 2.05) is 0 Å². The number of hydrogen-bond donors (Lipinski definition) is 1. The van der Waals surface area contributed by atoms with Crippen molar-refractivity contribution in [3.63, 3.8) is 0 Å². The van der Waals surface area contributed by atoms with E-state index in [0.29, 0.717) is 0 Å². The molecule has 1 unspecified atom stereocenters. The van der Waals surface area contributed by atoms with E-state index in [1.54, 1.807) is 0 Å². The molecule has 0 radical (unpaired) electrons. The Hall–Kier alpha value is -0.970. The number of halogens is 2. The van der Waals surface area contributed by atoms with Gasteiger partial charge in [0, 0.05) is 6.42 Å². The molecule has 0 bridgehead atoms. The van der Waals surface area contributed by atoms with Crippen LogP contribution in [0.25, 0.3) is 0 Å². The molecule has 0 aliphatic carbocycles. The van der Waals surface area contributed by atoms with E-state index in [4.69, 9.17) is 0 Å². The number of carbonyl (C=O) groups excluding carboxylic acids is 1. The van der Waals surface area contributed by atoms with E-state index < -0.39 is 30.9 Å². The van der Waals surface area contributed by atoms with Gasteiger partial charge in [-0.2, -0.15) is 0 Å². The number of nitrogens with one attached hydrogen (secondary N) is 1. The average Bonchev–Trinajstić information content (AvgIpc) is 2.42. The lowest BCUT2D eigenvalue weighted by Crippen LogP contribution is -2.32. The fraction of sp³-hybridized carbons (Fsp3) is 0.625. The van der Waals surface area contributed by atoms with Crippen LogP contribution in [0.4, 0.5) is 8.78 Å². The van der Waals surface area contributed by atoms with Crippen LogP contribution in [0.3, 0.4) is 0 Å². The Labute approximate surface area is 74.8 Å². The van der Waals surface area contributed by atoms with E-state index in [2.05, 4.69) is 16.6 Å². The zero-order valence-electron chi connectivity index (χ0n) is 7.06. The van der Waals surface area contributed by atoms with Crippen molar-refractivity contribution in [3.8, 4) is 0 Å². The van der Waals surface area contributed by atoms with Crippen molar-refractivity contribution in [2.75, 3.05) is 13.2 Å². The number of carbonyl (C=O) groups is 1. The Morgan fingerprint density at radius 3 is 2.92 bits per heavy atom. The molecule has 1 aliphatic heterocycles. The second-order valence-corrected chi connectivity index (χ2v) is 2.91. The molecule has 3 nitrogen and oxygen atoms in total. The highest BCUT2D eigenvalue weighted by molar-refractivity contribution is 5.76. The summed E-state index contributed by atoms with van der Waals surface area (Å²) in [5, 5.41) is 2.40. The third-order valence-electron chi connectivity index (χ3n) is 1.74. The summed E-state index contributed by atoms with van der Waals surface area (Å²) in [7, 11) is 0. The molecule has 1 saturated heterocycles. The highest BCUT2D eigenvalue weighted by atomic mass is 19.3. The Balaban J connectivity index is 2.37. The number of alkyl halides is 2. The summed E-state index contributed by atoms with van der Waals surface area (Å²) in [5.74, 6) is -3.44. The van der Waals surface area contributed by atoms with E-state index in [9.17, 15) is 13.6 Å². The molecule has 1 heterocycles. The number of esters is 1. The SMILES string of the molecule is C=CCOC(=O)C1CC(F)(F)CN1. The lowest BCUT2D eigenvalue weighted by Gasteiger charge is -2.08. The van der Waals surface area contributed by atoms with Gasteiger partial charge in [-0.3, -0.25) is 10.1 Å². The molecule has 13 heavy (non-hydrogen) atoms. The van der Waals surface area contributed by atoms with Gasteiger partial charge in [0.1, 0.15) is 12.6 Å². The molecular formula is C8H11F2NO2. The molecule has 1 fully saturated rings. The standard InChI is InChI=1S/C8H11F2NO2/c1-2-3-13-7(12)6-4-8(9,10)5-11-6/h2,6,11H,1,3-5H2. The summed E-state index contributed by atoms with van der Waals surface area (Å²) in [6, 6.07) is -0.880. The van der Waals surface area contributed by atoms with E-state index in [0.717, 1.165) is 0 Å². The first kappa shape index (κ1) is 10.1. The van der Waals surface area contributed by atoms with Gasteiger partial charge in [0.25, 0.3) is 5.92 Å². The number of ether oxygens (including phenoxy) is 1. The fourth-order valence-electron chi connectivity index (χ4n) is 1.12. The van der Waals surface area contributed by atoms with Gasteiger partial charge in [-0.05, 0) is 0 Å². The maximum absolute atomic E-state index is 12.6. The van der Waals surface area contributed by atoms with Crippen LogP contribution in [-0.4, -0.2) is 31.1 Å². The molecule has 5 heteroatoms. The molecular weight excluding hydrogens is 180 g/mol. The molecule has 0 spiro atoms. The Morgan fingerprint density at radius 2 is 2.46 bits per heavy atom. The minimum absolute atomic E-state index is 0.0581. The minimum Gasteiger partial charge on any atom is -0.460 e. The summed E-state index contributed by atoms with van der Waals surface area (Å²) < 4.78 is 29.8. The highest BCUT2D eigenvalue weighted by Gasteiger charge is 2.42. The third-order valence-corrected chi connectivity index (χ3v) is 1.74. The van der Waals surface area contributed by atoms with Crippen LogP contribution in [0.15, 0.2) is 12.7 Å². The van der Waals surface area contributed by atoms with Gasteiger partial charge in [0.05, 0.1) is 6.54 Å². The van der Waals surface area contributed by atoms with Crippen LogP contribution in [0.5, 0.6) is 0 Å². The molecule has 0 aromatic rings. The van der Waals surface area contributed by atoms with Gasteiger partial charge >= 0.3 is 5.97 Å². The lowest BCUT2D eigenvalue weighted by molar-refractivity contribution is -0.145. The monoisotopic (exact) mass is 191 g/mol. The highest BCUT2D eigenvalue weighted by Crippen LogP contribution is 2.25. The molecule has 1 atom stereocenters. The maximum Gasteiger partial charge on any atom is 0.323 e. The average molecular weight is 191 g/mol. The minimum atomic E-state index is -2.79. The van der Waals surface area contributed by atoms with Crippen molar-refractivity contribution >= 4 is 5.97 Å². The van der Waals surface area contributed by atoms with Gasteiger partial charge in [-0.1, -0.05) is 12.7 Å². The van der Waals surface area contributed by atoms with Gasteiger partial charge in [0.2, 0.25) is 0 Å². The molecule has 74 valence electrons. The molecule has 1 aliphatic rings. The van der Waals surface area contributed by atoms with E-state index in [1.165, 1.54) is 6.08 Å². The molecule has 0 aromatic heterocycles. The van der Waals surface area contributed by atoms with Crippen molar-refractivity contribution in [1.82, 2.24) is 5.32 Å². The second kappa shape index (κ2) is 3.83. The lowest BCUT2D eigenvalue weighted by atomic mass is 10.2. The summed E-state index contributed by atoms with van der Waals surface area (Å²) >= 11 is 0. The molecule has 0 aromatic carbocycles. The largest absolute Gasteiger partial charge is 0.460 e. The summed E-state index contributed by atoms with van der Waals surface area (Å²) in [6.45, 7) is 2.94. The van der Waals surface area contributed by atoms with Crippen LogP contribution in [0, 0.1) is 0 Å². The first-order chi connectivity index (χ1) is 6.05. The summed E-state index contributed by atoms with van der Waals surface area (Å²) in [6.07, 6.45) is 0.911. The summed E-state index contributed by atoms with van der Waals surface area (Å²) in [4.78, 5) is 11.0. The third kappa shape index (κ3) is 2.77. The van der Waals surface area contributed by atoms with Crippen molar-refractivity contribution in [2.45, 2.75) is 18.4 Å². The zero-order valence-corrected chi connectivity index (χ0v) is 7.06. The van der Waals surface area contributed by atoms with E-state index >= 15 is 0 Å². The van der Waals surface area contributed by atoms with Crippen molar-refractivity contribution in [1.29, 1.82) is 0 Å². The normalized spacial score (nSPS) is 25.5. The first-order valence-electron chi connectivity index (χ1n) is 3.94. The maximum atomic E-state index is 12.6. The van der Waals surface area contributed by atoms with Gasteiger partial charge in [-0.25, -0.2) is 8.78 Å². The Bertz CT molecular complexity index is 218. The quantitative estimate of drug-likeness (QED) is 0.527. The number of rotatable bonds is 3. The molecule has 1 N–H and O–H groups in total. The number of hydrogen-bond acceptors (Lipinski definition) is 3. The van der Waals surface area contributed by atoms with E-state index in [-0.39, 0.29) is 6.61 Å². The van der Waals surface area contributed by atoms with Crippen LogP contribution in [0.1, 0.15) is 6.42 Å². The summed E-state index contributed by atoms with van der Waals surface area (Å²) in [5.41, 5.74) is 0. The zero-order chi connectivity index (χ0) is 9.90. The Morgan fingerprint density at radius 1 is 1.77 bits per heavy atom. The van der Waals surface area contributed by atoms with Crippen LogP contribution < -0.4 is 5.32 Å². The van der Waals surface area contributed by atoms with Crippen molar-refractivity contribution in [2.24, 2.45) is 0 Å². The van der Waals surface area contributed by atoms with Crippen molar-refractivity contribution in [3.05, 3.63) is 12.7 Å². The smallest absolute Gasteiger partial charge is 0.323 e. The molecule has 0 saturated carbocycles. The van der Waals surface area contributed by atoms with Crippen LogP contribution >= 0.6 is 0 Å². The second-order valence-electron chi connectivity index (χ2n) is 2.91. The van der Waals surface area contributed by atoms with Gasteiger partial charge in [-0.15, -0.1) is 0 Å². The van der Waals surface area contributed by atoms with Gasteiger partial charge in [0.15, 0.2) is 0 Å². The van der Waals surface area contributed by atoms with Crippen LogP contribution in [-0.2, 0) is 9.53 Å². The van der Waals surface area contributed by atoms with Gasteiger partial charge < -0.3 is 4.74 Å². The topological polar surface area (TPSA) is 38.3 Å². The molecule has 0 amide bonds. The predicted molar refractivity (Wildman–Crippen MR) is 42.5 cm³/mol. The fourth-order valence-corrected chi connectivity index (χ4v) is 1.12.